The van der Waals surface area contributed by atoms with Gasteiger partial charge in [-0.3, -0.25) is 9.69 Å². The van der Waals surface area contributed by atoms with E-state index in [1.165, 1.54) is 17.8 Å². The van der Waals surface area contributed by atoms with Crippen molar-refractivity contribution in [2.45, 2.75) is 77.5 Å². The van der Waals surface area contributed by atoms with Gasteiger partial charge in [0.05, 0.1) is 28.6 Å². The average Bonchev–Trinajstić information content (AvgIpc) is 3.26. The second-order valence-corrected chi connectivity index (χ2v) is 12.9. The number of carbonyl (C=O) groups is 3. The van der Waals surface area contributed by atoms with Gasteiger partial charge in [-0.05, 0) is 89.6 Å². The number of piperidine rings is 1. The van der Waals surface area contributed by atoms with Gasteiger partial charge >= 0.3 is 12.1 Å². The zero-order chi connectivity index (χ0) is 28.9. The van der Waals surface area contributed by atoms with Crippen molar-refractivity contribution in [3.8, 4) is 5.75 Å². The Balaban J connectivity index is 1.24. The van der Waals surface area contributed by atoms with Gasteiger partial charge in [0.15, 0.2) is 0 Å². The van der Waals surface area contributed by atoms with Crippen molar-refractivity contribution in [3.05, 3.63) is 40.9 Å². The normalized spacial score (nSPS) is 19.0. The number of aromatic nitrogens is 1. The van der Waals surface area contributed by atoms with Crippen LogP contribution in [0.15, 0.2) is 30.5 Å². The van der Waals surface area contributed by atoms with Gasteiger partial charge in [-0.25, -0.2) is 14.6 Å². The van der Waals surface area contributed by atoms with E-state index in [0.717, 1.165) is 48.1 Å². The minimum absolute atomic E-state index is 0.229. The molecule has 6 rings (SSSR count). The Labute approximate surface area is 243 Å². The maximum Gasteiger partial charge on any atom is 0.410 e. The molecule has 4 heterocycles. The number of amides is 4. The van der Waals surface area contributed by atoms with Crippen LogP contribution < -0.4 is 20.3 Å². The van der Waals surface area contributed by atoms with E-state index in [0.29, 0.717) is 34.2 Å². The third kappa shape index (κ3) is 5.42. The fourth-order valence-corrected chi connectivity index (χ4v) is 6.48. The predicted octanol–water partition coefficient (Wildman–Crippen LogP) is 6.35. The van der Waals surface area contributed by atoms with E-state index < -0.39 is 5.60 Å². The summed E-state index contributed by atoms with van der Waals surface area (Å²) in [6.07, 6.45) is 6.39. The number of rotatable bonds is 5. The number of nitrogens with zero attached hydrogens (tertiary/aromatic N) is 3. The minimum atomic E-state index is -0.589. The summed E-state index contributed by atoms with van der Waals surface area (Å²) in [7, 11) is 0. The lowest BCUT2D eigenvalue weighted by Gasteiger charge is -2.34. The maximum absolute atomic E-state index is 13.5. The van der Waals surface area contributed by atoms with Crippen LogP contribution in [0.5, 0.6) is 5.75 Å². The highest BCUT2D eigenvalue weighted by atomic mass is 32.1. The Morgan fingerprint density at radius 1 is 1.12 bits per heavy atom. The summed E-state index contributed by atoms with van der Waals surface area (Å²) in [6.45, 7) is 8.41. The van der Waals surface area contributed by atoms with Crippen LogP contribution in [-0.4, -0.2) is 58.8 Å². The maximum atomic E-state index is 13.5. The van der Waals surface area contributed by atoms with E-state index in [9.17, 15) is 14.4 Å². The molecular weight excluding hydrogens is 542 g/mol. The molecule has 4 amide bonds. The first kappa shape index (κ1) is 27.3. The fraction of sp³-hybridized carbons (Fsp3) is 0.467. The van der Waals surface area contributed by atoms with Gasteiger partial charge in [-0.15, -0.1) is 11.3 Å². The van der Waals surface area contributed by atoms with Gasteiger partial charge in [0.2, 0.25) is 0 Å². The molecule has 2 N–H and O–H groups in total. The number of benzene rings is 1. The Kier molecular flexibility index (Phi) is 7.01. The fourth-order valence-electron chi connectivity index (χ4n) is 5.45. The van der Waals surface area contributed by atoms with E-state index in [2.05, 4.69) is 15.6 Å². The smallest absolute Gasteiger partial charge is 0.410 e. The molecule has 216 valence electrons. The highest BCUT2D eigenvalue weighted by Gasteiger charge is 2.35. The lowest BCUT2D eigenvalue weighted by molar-refractivity contribution is 0.0185. The summed E-state index contributed by atoms with van der Waals surface area (Å²) in [5.74, 6) is 0.504. The Hall–Kier alpha value is -3.86. The molecule has 1 aliphatic carbocycles. The lowest BCUT2D eigenvalue weighted by Crippen LogP contribution is -2.50. The summed E-state index contributed by atoms with van der Waals surface area (Å²) in [5.41, 5.74) is 2.20. The first-order valence-electron chi connectivity index (χ1n) is 14.2. The summed E-state index contributed by atoms with van der Waals surface area (Å²) in [5, 5.41) is 6.77. The summed E-state index contributed by atoms with van der Waals surface area (Å²) < 4.78 is 11.6. The van der Waals surface area contributed by atoms with Crippen LogP contribution in [0.3, 0.4) is 0 Å². The number of pyridine rings is 1. The number of ether oxygens (including phenoxy) is 2. The number of hydrogen-bond donors (Lipinski definition) is 2. The standard InChI is InChI=1S/C30H35N5O5S/c1-17-15-20(39-19-8-5-9-19)10-11-21(17)35-22-12-13-31-27-23(22)24(33-28(35)37)25(41-27)26(36)32-18-7-6-14-34(16-18)29(38)40-30(2,3)4/h10-13,15,18-19H,5-9,14,16H2,1-4H3,(H,32,36)(H,33,37)/t18-/m1/s1. The van der Waals surface area contributed by atoms with Crippen LogP contribution in [0.2, 0.25) is 0 Å². The van der Waals surface area contributed by atoms with E-state index in [1.54, 1.807) is 22.1 Å². The van der Waals surface area contributed by atoms with Crippen molar-refractivity contribution >= 4 is 56.6 Å². The van der Waals surface area contributed by atoms with Crippen molar-refractivity contribution < 1.29 is 23.9 Å². The molecule has 3 aromatic rings. The van der Waals surface area contributed by atoms with E-state index in [1.807, 2.05) is 45.9 Å². The van der Waals surface area contributed by atoms with Crippen LogP contribution in [0, 0.1) is 6.92 Å². The lowest BCUT2D eigenvalue weighted by atomic mass is 9.96. The molecule has 41 heavy (non-hydrogen) atoms. The number of urea groups is 1. The van der Waals surface area contributed by atoms with Gasteiger partial charge in [-0.2, -0.15) is 0 Å². The van der Waals surface area contributed by atoms with E-state index in [-0.39, 0.29) is 30.2 Å². The van der Waals surface area contributed by atoms with Crippen molar-refractivity contribution in [2.75, 3.05) is 23.3 Å². The van der Waals surface area contributed by atoms with Crippen molar-refractivity contribution in [2.24, 2.45) is 0 Å². The predicted molar refractivity (Wildman–Crippen MR) is 159 cm³/mol. The van der Waals surface area contributed by atoms with Gasteiger partial charge in [0, 0.05) is 25.3 Å². The molecule has 2 aromatic heterocycles. The molecule has 0 unspecified atom stereocenters. The molecule has 10 nitrogen and oxygen atoms in total. The van der Waals surface area contributed by atoms with Crippen molar-refractivity contribution in [1.82, 2.24) is 15.2 Å². The third-order valence-corrected chi connectivity index (χ3v) is 8.72. The Bertz CT molecular complexity index is 1530. The van der Waals surface area contributed by atoms with Gasteiger partial charge in [0.1, 0.15) is 21.1 Å². The van der Waals surface area contributed by atoms with Gasteiger partial charge < -0.3 is 25.0 Å². The number of hydrogen-bond acceptors (Lipinski definition) is 7. The monoisotopic (exact) mass is 577 g/mol. The molecule has 0 radical (unpaired) electrons. The average molecular weight is 578 g/mol. The van der Waals surface area contributed by atoms with Crippen molar-refractivity contribution in [1.29, 1.82) is 0 Å². The Morgan fingerprint density at radius 2 is 1.93 bits per heavy atom. The third-order valence-electron chi connectivity index (χ3n) is 7.62. The molecule has 1 saturated carbocycles. The van der Waals surface area contributed by atoms with E-state index >= 15 is 0 Å². The molecule has 2 aliphatic heterocycles. The molecule has 3 aliphatic rings. The van der Waals surface area contributed by atoms with Crippen LogP contribution >= 0.6 is 11.3 Å². The van der Waals surface area contributed by atoms with Crippen molar-refractivity contribution in [3.63, 3.8) is 0 Å². The second kappa shape index (κ2) is 10.5. The van der Waals surface area contributed by atoms with Gasteiger partial charge in [-0.1, -0.05) is 0 Å². The first-order chi connectivity index (χ1) is 19.6. The highest BCUT2D eigenvalue weighted by Crippen LogP contribution is 2.46. The number of likely N-dealkylation sites (tertiary alicyclic amines) is 1. The number of thiophene rings is 1. The first-order valence-corrected chi connectivity index (χ1v) is 15.0. The molecule has 2 fully saturated rings. The van der Waals surface area contributed by atoms with Gasteiger partial charge in [0.25, 0.3) is 5.91 Å². The molecule has 1 aromatic carbocycles. The number of anilines is 3. The topological polar surface area (TPSA) is 113 Å². The largest absolute Gasteiger partial charge is 0.490 e. The zero-order valence-electron chi connectivity index (χ0n) is 23.8. The van der Waals surface area contributed by atoms with Crippen LogP contribution in [0.25, 0.3) is 10.2 Å². The SMILES string of the molecule is Cc1cc(OC2CCC2)ccc1N1C(=O)Nc2c(C(=O)N[C@@H]3CCCN(C(=O)OC(C)(C)C)C3)sc3nccc1c23. The molecule has 11 heteroatoms. The molecular formula is C30H35N5O5S. The van der Waals surface area contributed by atoms with Crippen LogP contribution in [0.4, 0.5) is 26.7 Å². The summed E-state index contributed by atoms with van der Waals surface area (Å²) >= 11 is 1.25. The summed E-state index contributed by atoms with van der Waals surface area (Å²) in [4.78, 5) is 48.5. The highest BCUT2D eigenvalue weighted by molar-refractivity contribution is 7.21. The van der Waals surface area contributed by atoms with E-state index in [4.69, 9.17) is 9.47 Å². The zero-order valence-corrected chi connectivity index (χ0v) is 24.6. The number of nitrogens with one attached hydrogen (secondary N) is 2. The quantitative estimate of drug-likeness (QED) is 0.365. The molecule has 1 saturated heterocycles. The minimum Gasteiger partial charge on any atom is -0.490 e. The molecule has 0 bridgehead atoms. The summed E-state index contributed by atoms with van der Waals surface area (Å²) in [6, 6.07) is 7.00. The molecule has 0 spiro atoms. The van der Waals surface area contributed by atoms with Crippen LogP contribution in [-0.2, 0) is 4.74 Å². The Morgan fingerprint density at radius 3 is 2.63 bits per heavy atom. The number of aryl methyl sites for hydroxylation is 1. The molecule has 1 atom stereocenters. The second-order valence-electron chi connectivity index (χ2n) is 11.9. The number of carbonyl (C=O) groups excluding carboxylic acids is 3. The van der Waals surface area contributed by atoms with Crippen LogP contribution in [0.1, 0.15) is 68.1 Å².